The number of rotatable bonds is 8. The number of para-hydroxylation sites is 2. The summed E-state index contributed by atoms with van der Waals surface area (Å²) in [6.45, 7) is 0. The lowest BCUT2D eigenvalue weighted by Gasteiger charge is -2.26. The molecule has 0 bridgehead atoms. The van der Waals surface area contributed by atoms with Crippen LogP contribution in [0.3, 0.4) is 0 Å². The second-order valence-electron chi connectivity index (χ2n) is 14.6. The molecule has 11 aromatic rings. The summed E-state index contributed by atoms with van der Waals surface area (Å²) in [7, 11) is 0. The van der Waals surface area contributed by atoms with Gasteiger partial charge in [-0.15, -0.1) is 0 Å². The fourth-order valence-corrected chi connectivity index (χ4v) is 8.40. The second kappa shape index (κ2) is 14.4. The summed E-state index contributed by atoms with van der Waals surface area (Å²) in [6.07, 6.45) is 5.24. The van der Waals surface area contributed by atoms with Gasteiger partial charge in [-0.05, 0) is 119 Å². The van der Waals surface area contributed by atoms with Crippen molar-refractivity contribution in [1.29, 1.82) is 0 Å². The van der Waals surface area contributed by atoms with Crippen molar-refractivity contribution in [3.05, 3.63) is 219 Å². The highest BCUT2D eigenvalue weighted by molar-refractivity contribution is 6.19. The van der Waals surface area contributed by atoms with E-state index in [4.69, 9.17) is 0 Å². The van der Waals surface area contributed by atoms with Gasteiger partial charge in [0.05, 0.1) is 16.6 Å². The normalized spacial score (nSPS) is 11.4. The Balaban J connectivity index is 1.00. The molecule has 6 heteroatoms. The first-order valence-electron chi connectivity index (χ1n) is 19.7. The number of nitrogens with zero attached hydrogens (tertiary/aromatic N) is 6. The van der Waals surface area contributed by atoms with E-state index < -0.39 is 0 Å². The van der Waals surface area contributed by atoms with Gasteiger partial charge < -0.3 is 14.0 Å². The molecule has 0 N–H and O–H groups in total. The number of fused-ring (bicyclic) bond motifs is 5. The minimum Gasteiger partial charge on any atom is -0.316 e. The van der Waals surface area contributed by atoms with Gasteiger partial charge >= 0.3 is 0 Å². The van der Waals surface area contributed by atoms with Crippen LogP contribution >= 0.6 is 0 Å². The molecule has 3 heterocycles. The van der Waals surface area contributed by atoms with Crippen LogP contribution in [0.5, 0.6) is 0 Å². The molecule has 0 fully saturated rings. The maximum atomic E-state index is 4.36. The molecule has 0 aliphatic rings. The summed E-state index contributed by atoms with van der Waals surface area (Å²) in [4.78, 5) is 15.0. The first-order chi connectivity index (χ1) is 29.3. The number of hydrogen-bond donors (Lipinski definition) is 0. The largest absolute Gasteiger partial charge is 0.316 e. The Kier molecular flexibility index (Phi) is 8.37. The quantitative estimate of drug-likeness (QED) is 0.155. The fraction of sp³-hybridized carbons (Fsp3) is 0. The number of hydrogen-bond acceptors (Lipinski definition) is 4. The van der Waals surface area contributed by atoms with Crippen LogP contribution in [0, 0.1) is 0 Å². The standard InChI is InChI=1S/C53H36N6/c1-4-10-37(11-5-1)38-16-23-44(24-17-38)58(46-27-20-40(21-28-46)53-55-35-54-36-56-53)45-25-18-39(19-26-45)41-22-30-51-49(34-41)47-29-31-50-48(32-33-57(50)42-12-6-2-7-13-42)52(47)59(51)43-14-8-3-9-15-43/h1-36H. The molecule has 0 aliphatic carbocycles. The van der Waals surface area contributed by atoms with Crippen molar-refractivity contribution in [2.45, 2.75) is 0 Å². The minimum atomic E-state index is 0.647. The van der Waals surface area contributed by atoms with Gasteiger partial charge in [0.15, 0.2) is 5.82 Å². The Labute approximate surface area is 341 Å². The molecule has 0 atom stereocenters. The molecule has 0 saturated heterocycles. The lowest BCUT2D eigenvalue weighted by molar-refractivity contribution is 1.06. The highest BCUT2D eigenvalue weighted by atomic mass is 15.1. The third-order valence-corrected chi connectivity index (χ3v) is 11.2. The van der Waals surface area contributed by atoms with Crippen molar-refractivity contribution < 1.29 is 0 Å². The zero-order valence-electron chi connectivity index (χ0n) is 32.0. The van der Waals surface area contributed by atoms with E-state index in [9.17, 15) is 0 Å². The van der Waals surface area contributed by atoms with Crippen LogP contribution in [0.4, 0.5) is 17.1 Å². The average molecular weight is 757 g/mol. The van der Waals surface area contributed by atoms with Crippen molar-refractivity contribution in [2.24, 2.45) is 0 Å². The maximum absolute atomic E-state index is 4.36. The van der Waals surface area contributed by atoms with E-state index in [-0.39, 0.29) is 0 Å². The lowest BCUT2D eigenvalue weighted by atomic mass is 10.0. The van der Waals surface area contributed by atoms with Crippen LogP contribution in [-0.2, 0) is 0 Å². The van der Waals surface area contributed by atoms with Gasteiger partial charge in [0, 0.05) is 56.4 Å². The van der Waals surface area contributed by atoms with Crippen LogP contribution < -0.4 is 4.90 Å². The summed E-state index contributed by atoms with van der Waals surface area (Å²) in [6, 6.07) is 71.5. The smallest absolute Gasteiger partial charge is 0.162 e. The number of aromatic nitrogens is 5. The Morgan fingerprint density at radius 2 is 0.881 bits per heavy atom. The highest BCUT2D eigenvalue weighted by Gasteiger charge is 2.19. The molecule has 0 radical (unpaired) electrons. The molecule has 8 aromatic carbocycles. The van der Waals surface area contributed by atoms with E-state index in [1.54, 1.807) is 0 Å². The van der Waals surface area contributed by atoms with Crippen LogP contribution in [0.1, 0.15) is 0 Å². The van der Waals surface area contributed by atoms with E-state index in [0.29, 0.717) is 5.82 Å². The number of anilines is 3. The third-order valence-electron chi connectivity index (χ3n) is 11.2. The Hall–Kier alpha value is -8.09. The molecule has 0 aliphatic heterocycles. The van der Waals surface area contributed by atoms with Crippen molar-refractivity contribution in [1.82, 2.24) is 24.1 Å². The predicted octanol–water partition coefficient (Wildman–Crippen LogP) is 13.4. The molecular formula is C53H36N6. The van der Waals surface area contributed by atoms with Crippen molar-refractivity contribution in [3.63, 3.8) is 0 Å². The average Bonchev–Trinajstić information content (AvgIpc) is 3.90. The van der Waals surface area contributed by atoms with E-state index >= 15 is 0 Å². The van der Waals surface area contributed by atoms with E-state index in [1.165, 1.54) is 62.1 Å². The molecule has 3 aromatic heterocycles. The highest BCUT2D eigenvalue weighted by Crippen LogP contribution is 2.41. The van der Waals surface area contributed by atoms with E-state index in [2.05, 4.69) is 229 Å². The van der Waals surface area contributed by atoms with Gasteiger partial charge in [-0.1, -0.05) is 103 Å². The molecule has 0 unspecified atom stereocenters. The SMILES string of the molecule is c1ccc(-c2ccc(N(c3ccc(-c4ccc5c(c4)c4ccc6c(ccn6-c6ccccc6)c4n5-c4ccccc4)cc3)c3ccc(-c4ncncn4)cc3)cc2)cc1. The van der Waals surface area contributed by atoms with Gasteiger partial charge in [0.1, 0.15) is 12.7 Å². The van der Waals surface area contributed by atoms with Crippen LogP contribution in [0.15, 0.2) is 219 Å². The first kappa shape index (κ1) is 34.2. The molecule has 59 heavy (non-hydrogen) atoms. The molecule has 0 saturated carbocycles. The summed E-state index contributed by atoms with van der Waals surface area (Å²) >= 11 is 0. The zero-order valence-corrected chi connectivity index (χ0v) is 32.0. The van der Waals surface area contributed by atoms with Gasteiger partial charge in [-0.2, -0.15) is 0 Å². The van der Waals surface area contributed by atoms with Crippen molar-refractivity contribution in [3.8, 4) is 45.0 Å². The summed E-state index contributed by atoms with van der Waals surface area (Å²) < 4.78 is 4.70. The van der Waals surface area contributed by atoms with Crippen LogP contribution in [0.2, 0.25) is 0 Å². The first-order valence-corrected chi connectivity index (χ1v) is 19.7. The van der Waals surface area contributed by atoms with Crippen molar-refractivity contribution >= 4 is 49.8 Å². The monoisotopic (exact) mass is 756 g/mol. The van der Waals surface area contributed by atoms with Gasteiger partial charge in [-0.25, -0.2) is 15.0 Å². The topological polar surface area (TPSA) is 51.8 Å². The van der Waals surface area contributed by atoms with Gasteiger partial charge in [0.2, 0.25) is 0 Å². The van der Waals surface area contributed by atoms with Gasteiger partial charge in [0.25, 0.3) is 0 Å². The molecule has 278 valence electrons. The zero-order chi connectivity index (χ0) is 39.1. The Morgan fingerprint density at radius 3 is 1.51 bits per heavy atom. The minimum absolute atomic E-state index is 0.647. The molecular weight excluding hydrogens is 721 g/mol. The summed E-state index contributed by atoms with van der Waals surface area (Å²) in [5.41, 5.74) is 14.6. The van der Waals surface area contributed by atoms with Crippen LogP contribution in [0.25, 0.3) is 77.7 Å². The van der Waals surface area contributed by atoms with Crippen molar-refractivity contribution in [2.75, 3.05) is 4.90 Å². The summed E-state index contributed by atoms with van der Waals surface area (Å²) in [5, 5.41) is 3.67. The summed E-state index contributed by atoms with van der Waals surface area (Å²) in [5.74, 6) is 0.647. The second-order valence-corrected chi connectivity index (χ2v) is 14.6. The molecule has 11 rings (SSSR count). The Morgan fingerprint density at radius 1 is 0.373 bits per heavy atom. The van der Waals surface area contributed by atoms with E-state index in [1.807, 2.05) is 6.07 Å². The predicted molar refractivity (Wildman–Crippen MR) is 242 cm³/mol. The maximum Gasteiger partial charge on any atom is 0.162 e. The molecule has 0 amide bonds. The third kappa shape index (κ3) is 6.11. The molecule has 0 spiro atoms. The van der Waals surface area contributed by atoms with Crippen LogP contribution in [-0.4, -0.2) is 24.1 Å². The Bertz CT molecular complexity index is 3130. The van der Waals surface area contributed by atoms with E-state index in [0.717, 1.165) is 39.6 Å². The number of benzene rings is 8. The fourth-order valence-electron chi connectivity index (χ4n) is 8.40. The van der Waals surface area contributed by atoms with Gasteiger partial charge in [-0.3, -0.25) is 0 Å². The molecule has 6 nitrogen and oxygen atoms in total. The lowest BCUT2D eigenvalue weighted by Crippen LogP contribution is -2.09.